The van der Waals surface area contributed by atoms with Crippen molar-refractivity contribution in [2.24, 2.45) is 0 Å². The smallest absolute Gasteiger partial charge is 0.0653 e. The summed E-state index contributed by atoms with van der Waals surface area (Å²) in [7, 11) is 1.69. The summed E-state index contributed by atoms with van der Waals surface area (Å²) in [6.07, 6.45) is 1.59. The lowest BCUT2D eigenvalue weighted by Gasteiger charge is -2.37. The van der Waals surface area contributed by atoms with Crippen molar-refractivity contribution in [3.8, 4) is 0 Å². The Hall–Kier alpha value is -0.810. The molecule has 0 aromatic heterocycles. The predicted molar refractivity (Wildman–Crippen MR) is 87.1 cm³/mol. The zero-order valence-corrected chi connectivity index (χ0v) is 13.6. The summed E-state index contributed by atoms with van der Waals surface area (Å²) in [6.45, 7) is 5.91. The fourth-order valence-electron chi connectivity index (χ4n) is 2.52. The van der Waals surface area contributed by atoms with Gasteiger partial charge in [0.15, 0.2) is 0 Å². The largest absolute Gasteiger partial charge is 0.390 e. The Morgan fingerprint density at radius 2 is 2.10 bits per heavy atom. The van der Waals surface area contributed by atoms with Gasteiger partial charge in [0.2, 0.25) is 0 Å². The number of nitrogens with zero attached hydrogens (tertiary/aromatic N) is 1. The molecule has 1 saturated heterocycles. The first-order valence-electron chi connectivity index (χ1n) is 7.47. The summed E-state index contributed by atoms with van der Waals surface area (Å²) in [6, 6.07) is 6.21. The quantitative estimate of drug-likeness (QED) is 0.792. The fraction of sp³-hybridized carbons (Fsp3) is 0.625. The van der Waals surface area contributed by atoms with Crippen LogP contribution in [-0.2, 0) is 11.3 Å². The SMILES string of the molecule is COCCNCc1ccc(N2CCC(C)(O)CC2)cc1Cl. The standard InChI is InChI=1S/C16H25ClN2O2/c1-16(20)5-8-19(9-6-16)14-4-3-13(15(17)11-14)12-18-7-10-21-2/h3-4,11,18,20H,5-10,12H2,1-2H3. The summed E-state index contributed by atoms with van der Waals surface area (Å²) in [5.41, 5.74) is 1.71. The van der Waals surface area contributed by atoms with E-state index in [1.807, 2.05) is 13.0 Å². The minimum Gasteiger partial charge on any atom is -0.390 e. The van der Waals surface area contributed by atoms with E-state index in [0.717, 1.165) is 55.3 Å². The van der Waals surface area contributed by atoms with Gasteiger partial charge in [-0.1, -0.05) is 17.7 Å². The second-order valence-electron chi connectivity index (χ2n) is 5.93. The molecule has 1 aliphatic heterocycles. The Balaban J connectivity index is 1.92. The molecule has 1 aromatic carbocycles. The molecule has 0 unspecified atom stereocenters. The van der Waals surface area contributed by atoms with Crippen molar-refractivity contribution in [3.63, 3.8) is 0 Å². The van der Waals surface area contributed by atoms with E-state index in [4.69, 9.17) is 16.3 Å². The summed E-state index contributed by atoms with van der Waals surface area (Å²) in [4.78, 5) is 2.28. The van der Waals surface area contributed by atoms with Gasteiger partial charge in [0.25, 0.3) is 0 Å². The molecule has 0 spiro atoms. The lowest BCUT2D eigenvalue weighted by molar-refractivity contribution is 0.0351. The number of hydrogen-bond acceptors (Lipinski definition) is 4. The fourth-order valence-corrected chi connectivity index (χ4v) is 2.76. The van der Waals surface area contributed by atoms with E-state index in [9.17, 15) is 5.11 Å². The van der Waals surface area contributed by atoms with Gasteiger partial charge in [-0.05, 0) is 37.5 Å². The molecule has 0 radical (unpaired) electrons. The van der Waals surface area contributed by atoms with E-state index < -0.39 is 5.60 Å². The molecular weight excluding hydrogens is 288 g/mol. The van der Waals surface area contributed by atoms with E-state index in [2.05, 4.69) is 22.3 Å². The summed E-state index contributed by atoms with van der Waals surface area (Å²) >= 11 is 6.37. The number of rotatable bonds is 6. The monoisotopic (exact) mass is 312 g/mol. The molecule has 0 saturated carbocycles. The van der Waals surface area contributed by atoms with Gasteiger partial charge >= 0.3 is 0 Å². The first-order valence-corrected chi connectivity index (χ1v) is 7.85. The minimum absolute atomic E-state index is 0.522. The minimum atomic E-state index is -0.522. The van der Waals surface area contributed by atoms with E-state index in [-0.39, 0.29) is 0 Å². The molecule has 0 bridgehead atoms. The van der Waals surface area contributed by atoms with Crippen molar-refractivity contribution in [1.82, 2.24) is 5.32 Å². The van der Waals surface area contributed by atoms with Crippen LogP contribution in [0.25, 0.3) is 0 Å². The maximum absolute atomic E-state index is 10.0. The number of aliphatic hydroxyl groups is 1. The van der Waals surface area contributed by atoms with Gasteiger partial charge in [-0.25, -0.2) is 0 Å². The van der Waals surface area contributed by atoms with Crippen molar-refractivity contribution in [2.75, 3.05) is 38.3 Å². The normalized spacial score (nSPS) is 18.0. The van der Waals surface area contributed by atoms with Crippen molar-refractivity contribution >= 4 is 17.3 Å². The molecule has 118 valence electrons. The number of benzene rings is 1. The second-order valence-corrected chi connectivity index (χ2v) is 6.34. The Bertz CT molecular complexity index is 456. The number of piperidine rings is 1. The molecule has 1 aromatic rings. The number of hydrogen-bond donors (Lipinski definition) is 2. The zero-order valence-electron chi connectivity index (χ0n) is 12.9. The first-order chi connectivity index (χ1) is 10.0. The lowest BCUT2D eigenvalue weighted by Crippen LogP contribution is -2.42. The molecule has 0 amide bonds. The van der Waals surface area contributed by atoms with Crippen molar-refractivity contribution in [1.29, 1.82) is 0 Å². The third-order valence-corrected chi connectivity index (χ3v) is 4.39. The first kappa shape index (κ1) is 16.6. The van der Waals surface area contributed by atoms with Crippen LogP contribution in [0.3, 0.4) is 0 Å². The number of nitrogens with one attached hydrogen (secondary N) is 1. The van der Waals surface area contributed by atoms with Crippen LogP contribution >= 0.6 is 11.6 Å². The molecule has 0 aliphatic carbocycles. The highest BCUT2D eigenvalue weighted by Crippen LogP contribution is 2.29. The lowest BCUT2D eigenvalue weighted by atomic mass is 9.93. The molecule has 2 rings (SSSR count). The van der Waals surface area contributed by atoms with E-state index >= 15 is 0 Å². The van der Waals surface area contributed by atoms with Gasteiger partial charge in [0, 0.05) is 44.0 Å². The summed E-state index contributed by atoms with van der Waals surface area (Å²) in [5, 5.41) is 14.1. The van der Waals surface area contributed by atoms with Gasteiger partial charge in [0.05, 0.1) is 12.2 Å². The highest BCUT2D eigenvalue weighted by Gasteiger charge is 2.27. The van der Waals surface area contributed by atoms with Crippen molar-refractivity contribution < 1.29 is 9.84 Å². The van der Waals surface area contributed by atoms with Crippen LogP contribution in [0.5, 0.6) is 0 Å². The number of methoxy groups -OCH3 is 1. The topological polar surface area (TPSA) is 44.7 Å². The average molecular weight is 313 g/mol. The van der Waals surface area contributed by atoms with Crippen molar-refractivity contribution in [2.45, 2.75) is 31.9 Å². The Kier molecular flexibility index (Phi) is 5.88. The van der Waals surface area contributed by atoms with Gasteiger partial charge in [0.1, 0.15) is 0 Å². The maximum atomic E-state index is 10.0. The van der Waals surface area contributed by atoms with Crippen molar-refractivity contribution in [3.05, 3.63) is 28.8 Å². The highest BCUT2D eigenvalue weighted by molar-refractivity contribution is 6.31. The van der Waals surface area contributed by atoms with E-state index in [1.54, 1.807) is 7.11 Å². The third-order valence-electron chi connectivity index (χ3n) is 4.04. The van der Waals surface area contributed by atoms with E-state index in [1.165, 1.54) is 0 Å². The van der Waals surface area contributed by atoms with Gasteiger partial charge in [-0.2, -0.15) is 0 Å². The van der Waals surface area contributed by atoms with Crippen LogP contribution in [0.15, 0.2) is 18.2 Å². The molecule has 1 heterocycles. The third kappa shape index (κ3) is 4.85. The van der Waals surface area contributed by atoms with Crippen LogP contribution < -0.4 is 10.2 Å². The van der Waals surface area contributed by atoms with Gasteiger partial charge in [-0.3, -0.25) is 0 Å². The average Bonchev–Trinajstić information content (AvgIpc) is 2.45. The highest BCUT2D eigenvalue weighted by atomic mass is 35.5. The molecule has 5 heteroatoms. The Morgan fingerprint density at radius 1 is 1.38 bits per heavy atom. The van der Waals surface area contributed by atoms with Crippen LogP contribution in [0.4, 0.5) is 5.69 Å². The Labute approximate surface area is 132 Å². The van der Waals surface area contributed by atoms with Crippen LogP contribution in [-0.4, -0.2) is 44.1 Å². The molecular formula is C16H25ClN2O2. The molecule has 1 aliphatic rings. The predicted octanol–water partition coefficient (Wildman–Crippen LogP) is 2.43. The summed E-state index contributed by atoms with van der Waals surface area (Å²) in [5.74, 6) is 0. The number of ether oxygens (including phenoxy) is 1. The maximum Gasteiger partial charge on any atom is 0.0653 e. The van der Waals surface area contributed by atoms with Gasteiger partial charge in [-0.15, -0.1) is 0 Å². The molecule has 0 atom stereocenters. The van der Waals surface area contributed by atoms with Gasteiger partial charge < -0.3 is 20.1 Å². The van der Waals surface area contributed by atoms with Crippen LogP contribution in [0, 0.1) is 0 Å². The molecule has 21 heavy (non-hydrogen) atoms. The second kappa shape index (κ2) is 7.45. The summed E-state index contributed by atoms with van der Waals surface area (Å²) < 4.78 is 5.00. The van der Waals surface area contributed by atoms with Crippen LogP contribution in [0.1, 0.15) is 25.3 Å². The number of anilines is 1. The van der Waals surface area contributed by atoms with Crippen LogP contribution in [0.2, 0.25) is 5.02 Å². The molecule has 2 N–H and O–H groups in total. The van der Waals surface area contributed by atoms with E-state index in [0.29, 0.717) is 6.61 Å². The molecule has 4 nitrogen and oxygen atoms in total. The zero-order chi connectivity index (χ0) is 15.3. The molecule has 1 fully saturated rings. The Morgan fingerprint density at radius 3 is 2.71 bits per heavy atom. The number of halogens is 1.